The zero-order chi connectivity index (χ0) is 21.6. The van der Waals surface area contributed by atoms with Gasteiger partial charge in [0, 0.05) is 19.5 Å². The van der Waals surface area contributed by atoms with E-state index in [4.69, 9.17) is 9.47 Å². The van der Waals surface area contributed by atoms with Crippen molar-refractivity contribution in [2.45, 2.75) is 26.5 Å². The second kappa shape index (κ2) is 9.98. The Hall–Kier alpha value is -2.83. The van der Waals surface area contributed by atoms with Crippen molar-refractivity contribution in [2.75, 3.05) is 13.7 Å². The molecule has 0 aliphatic heterocycles. The zero-order valence-electron chi connectivity index (χ0n) is 17.7. The van der Waals surface area contributed by atoms with Gasteiger partial charge in [0.15, 0.2) is 11.5 Å². The molecule has 1 aromatic heterocycles. The number of benzene rings is 3. The van der Waals surface area contributed by atoms with E-state index in [0.717, 1.165) is 63.5 Å². The fourth-order valence-corrected chi connectivity index (χ4v) is 4.14. The van der Waals surface area contributed by atoms with Gasteiger partial charge in [0.25, 0.3) is 0 Å². The fraction of sp³-hybridized carbons (Fsp3) is 0.240. The van der Waals surface area contributed by atoms with Crippen LogP contribution in [0, 0.1) is 6.92 Å². The van der Waals surface area contributed by atoms with E-state index in [-0.39, 0.29) is 0 Å². The van der Waals surface area contributed by atoms with Crippen LogP contribution < -0.4 is 14.8 Å². The Kier molecular flexibility index (Phi) is 6.89. The van der Waals surface area contributed by atoms with E-state index in [0.29, 0.717) is 6.61 Å². The Morgan fingerprint density at radius 1 is 1.03 bits per heavy atom. The van der Waals surface area contributed by atoms with Crippen LogP contribution in [0.2, 0.25) is 0 Å². The van der Waals surface area contributed by atoms with Gasteiger partial charge in [0.1, 0.15) is 12.4 Å². The molecule has 4 rings (SSSR count). The van der Waals surface area contributed by atoms with Gasteiger partial charge in [-0.2, -0.15) is 0 Å². The van der Waals surface area contributed by atoms with Crippen molar-refractivity contribution in [3.05, 3.63) is 87.7 Å². The summed E-state index contributed by atoms with van der Waals surface area (Å²) in [6, 6.07) is 20.5. The highest BCUT2D eigenvalue weighted by molar-refractivity contribution is 9.10. The van der Waals surface area contributed by atoms with Gasteiger partial charge in [-0.05, 0) is 58.2 Å². The van der Waals surface area contributed by atoms with E-state index >= 15 is 0 Å². The van der Waals surface area contributed by atoms with Crippen molar-refractivity contribution < 1.29 is 9.47 Å². The van der Waals surface area contributed by atoms with E-state index in [1.54, 1.807) is 7.11 Å². The van der Waals surface area contributed by atoms with Crippen molar-refractivity contribution in [3.8, 4) is 11.5 Å². The van der Waals surface area contributed by atoms with Gasteiger partial charge in [-0.3, -0.25) is 0 Å². The number of aromatic amines is 1. The van der Waals surface area contributed by atoms with Crippen LogP contribution in [0.25, 0.3) is 11.0 Å². The Bertz CT molecular complexity index is 1140. The first-order chi connectivity index (χ1) is 15.1. The largest absolute Gasteiger partial charge is 0.493 e. The molecule has 0 aliphatic carbocycles. The lowest BCUT2D eigenvalue weighted by Gasteiger charge is -2.15. The number of nitrogens with zero attached hydrogens (tertiary/aromatic N) is 1. The van der Waals surface area contributed by atoms with E-state index in [1.807, 2.05) is 36.4 Å². The molecule has 0 spiro atoms. The molecule has 0 bridgehead atoms. The molecular formula is C25H26BrN3O2. The smallest absolute Gasteiger partial charge is 0.175 e. The summed E-state index contributed by atoms with van der Waals surface area (Å²) in [7, 11) is 1.67. The molecule has 4 aromatic rings. The van der Waals surface area contributed by atoms with Crippen LogP contribution >= 0.6 is 15.9 Å². The summed E-state index contributed by atoms with van der Waals surface area (Å²) in [5.74, 6) is 2.43. The highest BCUT2D eigenvalue weighted by atomic mass is 79.9. The maximum Gasteiger partial charge on any atom is 0.175 e. The Morgan fingerprint density at radius 2 is 1.90 bits per heavy atom. The molecule has 160 valence electrons. The molecule has 5 nitrogen and oxygen atoms in total. The Balaban J connectivity index is 1.34. The van der Waals surface area contributed by atoms with E-state index in [1.165, 1.54) is 5.56 Å². The first kappa shape index (κ1) is 21.4. The zero-order valence-corrected chi connectivity index (χ0v) is 19.3. The van der Waals surface area contributed by atoms with Crippen molar-refractivity contribution in [3.63, 3.8) is 0 Å². The first-order valence-electron chi connectivity index (χ1n) is 10.3. The number of ether oxygens (including phenoxy) is 2. The SMILES string of the molecule is COc1cc(CNCCc2nc3ccccc3[nH]2)cc(Br)c1OCc1cccc(C)c1. The van der Waals surface area contributed by atoms with Crippen LogP contribution in [-0.4, -0.2) is 23.6 Å². The highest BCUT2D eigenvalue weighted by Crippen LogP contribution is 2.37. The van der Waals surface area contributed by atoms with E-state index < -0.39 is 0 Å². The van der Waals surface area contributed by atoms with Crippen LogP contribution in [0.4, 0.5) is 0 Å². The summed E-state index contributed by atoms with van der Waals surface area (Å²) in [4.78, 5) is 7.99. The van der Waals surface area contributed by atoms with Gasteiger partial charge < -0.3 is 19.8 Å². The first-order valence-corrected chi connectivity index (χ1v) is 11.1. The second-order valence-electron chi connectivity index (χ2n) is 7.51. The molecule has 0 amide bonds. The maximum absolute atomic E-state index is 6.06. The lowest BCUT2D eigenvalue weighted by Crippen LogP contribution is -2.17. The monoisotopic (exact) mass is 479 g/mol. The number of para-hydroxylation sites is 2. The molecule has 0 fully saturated rings. The van der Waals surface area contributed by atoms with Crippen LogP contribution in [0.15, 0.2) is 65.1 Å². The van der Waals surface area contributed by atoms with Gasteiger partial charge in [-0.15, -0.1) is 0 Å². The number of aromatic nitrogens is 2. The molecule has 0 atom stereocenters. The Morgan fingerprint density at radius 3 is 2.71 bits per heavy atom. The van der Waals surface area contributed by atoms with Gasteiger partial charge in [0.2, 0.25) is 0 Å². The van der Waals surface area contributed by atoms with Crippen molar-refractivity contribution in [1.29, 1.82) is 0 Å². The summed E-state index contributed by atoms with van der Waals surface area (Å²) in [6.45, 7) is 4.13. The predicted octanol–water partition coefficient (Wildman–Crippen LogP) is 5.55. The topological polar surface area (TPSA) is 59.2 Å². The fourth-order valence-electron chi connectivity index (χ4n) is 3.54. The average molecular weight is 480 g/mol. The summed E-state index contributed by atoms with van der Waals surface area (Å²) >= 11 is 3.64. The number of imidazole rings is 1. The molecule has 2 N–H and O–H groups in total. The summed E-state index contributed by atoms with van der Waals surface area (Å²) in [5.41, 5.74) is 5.55. The molecular weight excluding hydrogens is 454 g/mol. The third-order valence-corrected chi connectivity index (χ3v) is 5.65. The molecule has 6 heteroatoms. The molecule has 1 heterocycles. The molecule has 3 aromatic carbocycles. The molecule has 0 saturated heterocycles. The van der Waals surface area contributed by atoms with E-state index in [9.17, 15) is 0 Å². The van der Waals surface area contributed by atoms with Gasteiger partial charge >= 0.3 is 0 Å². The average Bonchev–Trinajstić information content (AvgIpc) is 3.18. The normalized spacial score (nSPS) is 11.1. The summed E-state index contributed by atoms with van der Waals surface area (Å²) in [5, 5.41) is 3.48. The quantitative estimate of drug-likeness (QED) is 0.308. The predicted molar refractivity (Wildman–Crippen MR) is 128 cm³/mol. The van der Waals surface area contributed by atoms with Gasteiger partial charge in [-0.25, -0.2) is 4.98 Å². The van der Waals surface area contributed by atoms with Crippen LogP contribution in [0.5, 0.6) is 11.5 Å². The number of rotatable bonds is 9. The number of halogens is 1. The van der Waals surface area contributed by atoms with Crippen molar-refractivity contribution in [1.82, 2.24) is 15.3 Å². The lowest BCUT2D eigenvalue weighted by atomic mass is 10.1. The molecule has 0 unspecified atom stereocenters. The Labute approximate surface area is 190 Å². The van der Waals surface area contributed by atoms with E-state index in [2.05, 4.69) is 62.4 Å². The summed E-state index contributed by atoms with van der Waals surface area (Å²) < 4.78 is 12.5. The van der Waals surface area contributed by atoms with Crippen molar-refractivity contribution >= 4 is 27.0 Å². The third kappa shape index (κ3) is 5.46. The number of nitrogens with one attached hydrogen (secondary N) is 2. The van der Waals surface area contributed by atoms with Crippen LogP contribution in [0.1, 0.15) is 22.5 Å². The van der Waals surface area contributed by atoms with Gasteiger partial charge in [0.05, 0.1) is 22.6 Å². The number of hydrogen-bond donors (Lipinski definition) is 2. The molecule has 31 heavy (non-hydrogen) atoms. The third-order valence-electron chi connectivity index (χ3n) is 5.06. The number of hydrogen-bond acceptors (Lipinski definition) is 4. The summed E-state index contributed by atoms with van der Waals surface area (Å²) in [6.07, 6.45) is 0.838. The molecule has 0 saturated carbocycles. The number of aryl methyl sites for hydroxylation is 1. The van der Waals surface area contributed by atoms with Crippen LogP contribution in [0.3, 0.4) is 0 Å². The molecule has 0 radical (unpaired) electrons. The molecule has 0 aliphatic rings. The maximum atomic E-state index is 6.06. The number of fused-ring (bicyclic) bond motifs is 1. The standard InChI is InChI=1S/C25H26BrN3O2/c1-17-6-5-7-18(12-17)16-31-25-20(26)13-19(14-23(25)30-2)15-27-11-10-24-28-21-8-3-4-9-22(21)29-24/h3-9,12-14,27H,10-11,15-16H2,1-2H3,(H,28,29). The van der Waals surface area contributed by atoms with Crippen molar-refractivity contribution in [2.24, 2.45) is 0 Å². The number of H-pyrrole nitrogens is 1. The highest BCUT2D eigenvalue weighted by Gasteiger charge is 2.12. The minimum absolute atomic E-state index is 0.492. The minimum Gasteiger partial charge on any atom is -0.493 e. The van der Waals surface area contributed by atoms with Gasteiger partial charge in [-0.1, -0.05) is 42.0 Å². The second-order valence-corrected chi connectivity index (χ2v) is 8.37. The van der Waals surface area contributed by atoms with Crippen LogP contribution in [-0.2, 0) is 19.6 Å². The lowest BCUT2D eigenvalue weighted by molar-refractivity contribution is 0.282. The number of methoxy groups -OCH3 is 1. The minimum atomic E-state index is 0.492.